The molecule has 0 saturated carbocycles. The summed E-state index contributed by atoms with van der Waals surface area (Å²) in [7, 11) is 3.05. The first-order chi connectivity index (χ1) is 22.3. The van der Waals surface area contributed by atoms with E-state index >= 15 is 0 Å². The first kappa shape index (κ1) is 32.0. The van der Waals surface area contributed by atoms with Crippen molar-refractivity contribution in [2.75, 3.05) is 38.1 Å². The Bertz CT molecular complexity index is 1760. The number of fused-ring (bicyclic) bond motifs is 1. The van der Waals surface area contributed by atoms with Crippen molar-refractivity contribution >= 4 is 46.9 Å². The molecule has 46 heavy (non-hydrogen) atoms. The molecule has 1 heterocycles. The molecular formula is C35H33N3O7S. The SMILES string of the molecule is COc1ccc(OC)c(/C=C(/NC(=O)c2ccccc2)C(=O)Nc2cccc(SC(C)C(=O)Nc3ccc4c(c3)OCCO4)c2)c1. The van der Waals surface area contributed by atoms with Gasteiger partial charge in [-0.2, -0.15) is 0 Å². The molecule has 1 aliphatic heterocycles. The molecule has 0 fully saturated rings. The molecule has 236 valence electrons. The molecule has 1 unspecified atom stereocenters. The summed E-state index contributed by atoms with van der Waals surface area (Å²) in [5.41, 5.74) is 1.99. The molecule has 4 aromatic carbocycles. The quantitative estimate of drug-likeness (QED) is 0.135. The Balaban J connectivity index is 1.31. The summed E-state index contributed by atoms with van der Waals surface area (Å²) in [4.78, 5) is 40.5. The average molecular weight is 640 g/mol. The van der Waals surface area contributed by atoms with Crippen molar-refractivity contribution in [3.8, 4) is 23.0 Å². The van der Waals surface area contributed by atoms with Crippen LogP contribution in [-0.4, -0.2) is 50.4 Å². The fourth-order valence-electron chi connectivity index (χ4n) is 4.52. The maximum atomic E-state index is 13.6. The van der Waals surface area contributed by atoms with Crippen molar-refractivity contribution in [2.45, 2.75) is 17.1 Å². The first-order valence-electron chi connectivity index (χ1n) is 14.4. The first-order valence-corrected chi connectivity index (χ1v) is 15.3. The third-order valence-corrected chi connectivity index (χ3v) is 7.94. The van der Waals surface area contributed by atoms with E-state index in [4.69, 9.17) is 18.9 Å². The molecule has 11 heteroatoms. The number of carbonyl (C=O) groups is 3. The highest BCUT2D eigenvalue weighted by Crippen LogP contribution is 2.33. The van der Waals surface area contributed by atoms with E-state index in [2.05, 4.69) is 16.0 Å². The van der Waals surface area contributed by atoms with Crippen LogP contribution < -0.4 is 34.9 Å². The summed E-state index contributed by atoms with van der Waals surface area (Å²) >= 11 is 1.33. The Morgan fingerprint density at radius 2 is 1.57 bits per heavy atom. The predicted molar refractivity (Wildman–Crippen MR) is 178 cm³/mol. The number of ether oxygens (including phenoxy) is 4. The van der Waals surface area contributed by atoms with E-state index in [0.717, 1.165) is 4.90 Å². The van der Waals surface area contributed by atoms with E-state index in [-0.39, 0.29) is 11.6 Å². The number of hydrogen-bond donors (Lipinski definition) is 3. The monoisotopic (exact) mass is 639 g/mol. The van der Waals surface area contributed by atoms with Gasteiger partial charge in [0.05, 0.1) is 19.5 Å². The number of benzene rings is 4. The van der Waals surface area contributed by atoms with Gasteiger partial charge < -0.3 is 34.9 Å². The third-order valence-electron chi connectivity index (χ3n) is 6.85. The Hall–Kier alpha value is -5.42. The summed E-state index contributed by atoms with van der Waals surface area (Å²) in [6.45, 7) is 2.74. The number of amides is 3. The normalized spacial score (nSPS) is 12.8. The predicted octanol–water partition coefficient (Wildman–Crippen LogP) is 6.00. The Labute approximate surface area is 271 Å². The smallest absolute Gasteiger partial charge is 0.272 e. The average Bonchev–Trinajstić information content (AvgIpc) is 3.08. The molecule has 5 rings (SSSR count). The van der Waals surface area contributed by atoms with Gasteiger partial charge in [0.25, 0.3) is 11.8 Å². The fraction of sp³-hybridized carbons (Fsp3) is 0.171. The summed E-state index contributed by atoms with van der Waals surface area (Å²) in [5.74, 6) is 1.07. The highest BCUT2D eigenvalue weighted by Gasteiger charge is 2.19. The standard InChI is InChI=1S/C35H33N3O7S/c1-22(33(39)36-26-12-14-31-32(21-26)45-17-16-44-31)46-28-11-7-10-25(20-28)37-35(41)29(38-34(40)23-8-5-4-6-9-23)19-24-18-27(42-2)13-15-30(24)43-3/h4-15,18-22H,16-17H2,1-3H3,(H,36,39)(H,37,41)(H,38,40)/b29-19+. The minimum Gasteiger partial charge on any atom is -0.497 e. The van der Waals surface area contributed by atoms with Crippen molar-refractivity contribution in [3.63, 3.8) is 0 Å². The van der Waals surface area contributed by atoms with Crippen LogP contribution in [0.5, 0.6) is 23.0 Å². The molecule has 0 saturated heterocycles. The highest BCUT2D eigenvalue weighted by atomic mass is 32.2. The Kier molecular flexibility index (Phi) is 10.5. The van der Waals surface area contributed by atoms with Crippen LogP contribution >= 0.6 is 11.8 Å². The van der Waals surface area contributed by atoms with Gasteiger partial charge in [-0.25, -0.2) is 0 Å². The van der Waals surface area contributed by atoms with Gasteiger partial charge >= 0.3 is 0 Å². The summed E-state index contributed by atoms with van der Waals surface area (Å²) in [5, 5.41) is 8.05. The fourth-order valence-corrected chi connectivity index (χ4v) is 5.44. The molecule has 0 aliphatic carbocycles. The zero-order chi connectivity index (χ0) is 32.5. The van der Waals surface area contributed by atoms with Gasteiger partial charge in [-0.15, -0.1) is 11.8 Å². The molecule has 10 nitrogen and oxygen atoms in total. The van der Waals surface area contributed by atoms with Crippen molar-refractivity contribution < 1.29 is 33.3 Å². The third kappa shape index (κ3) is 8.19. The maximum absolute atomic E-state index is 13.6. The van der Waals surface area contributed by atoms with Crippen LogP contribution in [-0.2, 0) is 9.59 Å². The lowest BCUT2D eigenvalue weighted by Gasteiger charge is -2.19. The van der Waals surface area contributed by atoms with Crippen molar-refractivity contribution in [2.24, 2.45) is 0 Å². The highest BCUT2D eigenvalue weighted by molar-refractivity contribution is 8.00. The van der Waals surface area contributed by atoms with Gasteiger partial charge in [0.1, 0.15) is 30.4 Å². The van der Waals surface area contributed by atoms with E-state index < -0.39 is 17.1 Å². The zero-order valence-electron chi connectivity index (χ0n) is 25.5. The van der Waals surface area contributed by atoms with Crippen molar-refractivity contribution in [3.05, 3.63) is 108 Å². The van der Waals surface area contributed by atoms with Gasteiger partial charge in [0.15, 0.2) is 11.5 Å². The van der Waals surface area contributed by atoms with Crippen LogP contribution in [0.1, 0.15) is 22.8 Å². The molecule has 4 aromatic rings. The summed E-state index contributed by atoms with van der Waals surface area (Å²) in [6.07, 6.45) is 1.53. The van der Waals surface area contributed by atoms with E-state index in [1.807, 2.05) is 6.07 Å². The number of anilines is 2. The van der Waals surface area contributed by atoms with E-state index in [1.165, 1.54) is 32.1 Å². The largest absolute Gasteiger partial charge is 0.497 e. The van der Waals surface area contributed by atoms with Gasteiger partial charge in [-0.05, 0) is 73.7 Å². The molecule has 0 aromatic heterocycles. The van der Waals surface area contributed by atoms with Crippen molar-refractivity contribution in [1.29, 1.82) is 0 Å². The minimum absolute atomic E-state index is 0.00867. The summed E-state index contributed by atoms with van der Waals surface area (Å²) in [6, 6.07) is 26.1. The van der Waals surface area contributed by atoms with Crippen LogP contribution in [0.3, 0.4) is 0 Å². The van der Waals surface area contributed by atoms with Gasteiger partial charge in [0, 0.05) is 33.5 Å². The van der Waals surface area contributed by atoms with E-state index in [1.54, 1.807) is 91.9 Å². The summed E-state index contributed by atoms with van der Waals surface area (Å²) < 4.78 is 22.0. The number of thioether (sulfide) groups is 1. The number of methoxy groups -OCH3 is 2. The lowest BCUT2D eigenvalue weighted by atomic mass is 10.1. The van der Waals surface area contributed by atoms with E-state index in [0.29, 0.717) is 58.7 Å². The molecule has 1 atom stereocenters. The van der Waals surface area contributed by atoms with Gasteiger partial charge in [-0.3, -0.25) is 14.4 Å². The molecule has 3 amide bonds. The number of rotatable bonds is 11. The number of hydrogen-bond acceptors (Lipinski definition) is 8. The second kappa shape index (κ2) is 15.0. The second-order valence-electron chi connectivity index (χ2n) is 10.1. The number of nitrogens with one attached hydrogen (secondary N) is 3. The van der Waals surface area contributed by atoms with Gasteiger partial charge in [-0.1, -0.05) is 24.3 Å². The molecule has 3 N–H and O–H groups in total. The van der Waals surface area contributed by atoms with Crippen LogP contribution in [0.15, 0.2) is 102 Å². The molecular weight excluding hydrogens is 606 g/mol. The second-order valence-corrected chi connectivity index (χ2v) is 11.5. The molecule has 0 spiro atoms. The minimum atomic E-state index is -0.555. The van der Waals surface area contributed by atoms with Crippen LogP contribution in [0, 0.1) is 0 Å². The molecule has 0 bridgehead atoms. The Morgan fingerprint density at radius 3 is 2.33 bits per heavy atom. The number of carbonyl (C=O) groups excluding carboxylic acids is 3. The topological polar surface area (TPSA) is 124 Å². The zero-order valence-corrected chi connectivity index (χ0v) is 26.3. The Morgan fingerprint density at radius 1 is 0.804 bits per heavy atom. The maximum Gasteiger partial charge on any atom is 0.272 e. The van der Waals surface area contributed by atoms with Crippen LogP contribution in [0.4, 0.5) is 11.4 Å². The van der Waals surface area contributed by atoms with Gasteiger partial charge in [0.2, 0.25) is 5.91 Å². The molecule has 1 aliphatic rings. The van der Waals surface area contributed by atoms with E-state index in [9.17, 15) is 14.4 Å². The lowest BCUT2D eigenvalue weighted by Crippen LogP contribution is -2.30. The van der Waals surface area contributed by atoms with Crippen molar-refractivity contribution in [1.82, 2.24) is 5.32 Å². The lowest BCUT2D eigenvalue weighted by molar-refractivity contribution is -0.115. The molecule has 0 radical (unpaired) electrons. The van der Waals surface area contributed by atoms with Crippen LogP contribution in [0.2, 0.25) is 0 Å². The van der Waals surface area contributed by atoms with Crippen LogP contribution in [0.25, 0.3) is 6.08 Å².